The van der Waals surface area contributed by atoms with E-state index in [2.05, 4.69) is 35.8 Å². The number of carbonyl (C=O) groups excluding carboxylic acids is 1. The summed E-state index contributed by atoms with van der Waals surface area (Å²) in [6.07, 6.45) is 4.70. The number of hydrogen-bond acceptors (Lipinski definition) is 7. The summed E-state index contributed by atoms with van der Waals surface area (Å²) in [5.41, 5.74) is 4.28. The molecular formula is C21H21N7O2. The maximum atomic E-state index is 12.5. The van der Waals surface area contributed by atoms with E-state index in [1.807, 2.05) is 38.1 Å². The second kappa shape index (κ2) is 8.16. The highest BCUT2D eigenvalue weighted by atomic mass is 16.5. The minimum Gasteiger partial charge on any atom is -0.495 e. The van der Waals surface area contributed by atoms with Gasteiger partial charge in [0.15, 0.2) is 5.65 Å². The van der Waals surface area contributed by atoms with E-state index in [-0.39, 0.29) is 11.9 Å². The maximum Gasteiger partial charge on any atom is 0.257 e. The number of methoxy groups -OCH3 is 1. The quantitative estimate of drug-likeness (QED) is 0.451. The topological polar surface area (TPSA) is 118 Å². The molecule has 9 nitrogen and oxygen atoms in total. The second-order valence-corrected chi connectivity index (χ2v) is 6.84. The Bertz CT molecular complexity index is 1200. The molecule has 0 unspecified atom stereocenters. The van der Waals surface area contributed by atoms with Crippen molar-refractivity contribution in [2.45, 2.75) is 19.9 Å². The fourth-order valence-corrected chi connectivity index (χ4v) is 3.02. The average Bonchev–Trinajstić information content (AvgIpc) is 3.14. The van der Waals surface area contributed by atoms with Crippen molar-refractivity contribution in [3.05, 3.63) is 65.7 Å². The number of aryl methyl sites for hydroxylation is 1. The predicted molar refractivity (Wildman–Crippen MR) is 114 cm³/mol. The van der Waals surface area contributed by atoms with Crippen LogP contribution in [0.25, 0.3) is 11.2 Å². The van der Waals surface area contributed by atoms with Gasteiger partial charge in [0.2, 0.25) is 0 Å². The van der Waals surface area contributed by atoms with E-state index in [9.17, 15) is 4.79 Å². The Morgan fingerprint density at radius 2 is 2.07 bits per heavy atom. The second-order valence-electron chi connectivity index (χ2n) is 6.84. The van der Waals surface area contributed by atoms with Gasteiger partial charge in [0.05, 0.1) is 36.8 Å². The maximum absolute atomic E-state index is 12.5. The Kier molecular flexibility index (Phi) is 5.25. The third kappa shape index (κ3) is 4.04. The molecule has 0 aliphatic heterocycles. The number of ether oxygens (including phenoxy) is 1. The van der Waals surface area contributed by atoms with Gasteiger partial charge in [0.1, 0.15) is 17.1 Å². The summed E-state index contributed by atoms with van der Waals surface area (Å²) in [5.74, 6) is 0.919. The first-order valence-electron chi connectivity index (χ1n) is 9.38. The van der Waals surface area contributed by atoms with Gasteiger partial charge in [-0.05, 0) is 37.6 Å². The number of anilines is 2. The lowest BCUT2D eigenvalue weighted by molar-refractivity contribution is 0.102. The zero-order valence-electron chi connectivity index (χ0n) is 16.8. The minimum atomic E-state index is -0.258. The number of benzene rings is 1. The molecular weight excluding hydrogens is 382 g/mol. The first-order chi connectivity index (χ1) is 14.5. The molecule has 152 valence electrons. The van der Waals surface area contributed by atoms with E-state index in [4.69, 9.17) is 4.74 Å². The van der Waals surface area contributed by atoms with Crippen molar-refractivity contribution in [3.63, 3.8) is 0 Å². The van der Waals surface area contributed by atoms with Gasteiger partial charge in [0.25, 0.3) is 5.91 Å². The molecule has 0 saturated heterocycles. The van der Waals surface area contributed by atoms with Gasteiger partial charge in [-0.15, -0.1) is 0 Å². The number of nitrogens with one attached hydrogen (secondary N) is 3. The number of carbonyl (C=O) groups is 1. The first kappa shape index (κ1) is 19.3. The summed E-state index contributed by atoms with van der Waals surface area (Å²) in [6.45, 7) is 3.92. The molecule has 0 spiro atoms. The van der Waals surface area contributed by atoms with Crippen LogP contribution in [0.3, 0.4) is 0 Å². The molecule has 1 aromatic carbocycles. The molecule has 3 heterocycles. The van der Waals surface area contributed by atoms with Crippen molar-refractivity contribution < 1.29 is 9.53 Å². The van der Waals surface area contributed by atoms with Crippen molar-refractivity contribution in [3.8, 4) is 5.75 Å². The average molecular weight is 403 g/mol. The number of aromatic amines is 1. The molecule has 4 aromatic rings. The lowest BCUT2D eigenvalue weighted by Crippen LogP contribution is -2.13. The van der Waals surface area contributed by atoms with E-state index in [0.29, 0.717) is 28.5 Å². The van der Waals surface area contributed by atoms with Gasteiger partial charge in [-0.2, -0.15) is 5.10 Å². The van der Waals surface area contributed by atoms with Crippen molar-refractivity contribution >= 4 is 28.6 Å². The summed E-state index contributed by atoms with van der Waals surface area (Å²) >= 11 is 0. The third-order valence-corrected chi connectivity index (χ3v) is 4.66. The van der Waals surface area contributed by atoms with E-state index in [1.54, 1.807) is 18.5 Å². The van der Waals surface area contributed by atoms with Gasteiger partial charge >= 0.3 is 0 Å². The zero-order chi connectivity index (χ0) is 21.1. The van der Waals surface area contributed by atoms with Crippen LogP contribution in [0.15, 0.2) is 48.9 Å². The monoisotopic (exact) mass is 403 g/mol. The summed E-state index contributed by atoms with van der Waals surface area (Å²) in [5, 5.41) is 13.2. The van der Waals surface area contributed by atoms with Crippen LogP contribution in [0.5, 0.6) is 5.75 Å². The SMILES string of the molecule is COc1cncc(C(=O)Nc2cccc([C@H](C)Nc3cnc4n[nH]c(C)c4n3)c2)c1. The molecule has 4 rings (SSSR count). The Balaban J connectivity index is 1.48. The number of hydrogen-bond donors (Lipinski definition) is 3. The highest BCUT2D eigenvalue weighted by Gasteiger charge is 2.12. The van der Waals surface area contributed by atoms with E-state index in [1.165, 1.54) is 13.3 Å². The molecule has 0 saturated carbocycles. The number of H-pyrrole nitrogens is 1. The molecule has 30 heavy (non-hydrogen) atoms. The molecule has 0 aliphatic carbocycles. The van der Waals surface area contributed by atoms with Crippen molar-refractivity contribution in [2.75, 3.05) is 17.7 Å². The Hall–Kier alpha value is -4.01. The normalized spacial score (nSPS) is 11.8. The Labute approximate surface area is 172 Å². The lowest BCUT2D eigenvalue weighted by atomic mass is 10.1. The third-order valence-electron chi connectivity index (χ3n) is 4.66. The summed E-state index contributed by atoms with van der Waals surface area (Å²) in [4.78, 5) is 25.4. The van der Waals surface area contributed by atoms with Crippen molar-refractivity contribution in [1.82, 2.24) is 25.1 Å². The van der Waals surface area contributed by atoms with Crippen LogP contribution >= 0.6 is 0 Å². The number of nitrogens with zero attached hydrogens (tertiary/aromatic N) is 4. The summed E-state index contributed by atoms with van der Waals surface area (Å²) in [6, 6.07) is 9.21. The summed E-state index contributed by atoms with van der Waals surface area (Å²) < 4.78 is 5.12. The van der Waals surface area contributed by atoms with Crippen molar-refractivity contribution in [2.24, 2.45) is 0 Å². The van der Waals surface area contributed by atoms with Crippen LogP contribution in [-0.4, -0.2) is 38.2 Å². The summed E-state index contributed by atoms with van der Waals surface area (Å²) in [7, 11) is 1.53. The molecule has 3 N–H and O–H groups in total. The van der Waals surface area contributed by atoms with Gasteiger partial charge in [-0.25, -0.2) is 9.97 Å². The number of amides is 1. The van der Waals surface area contributed by atoms with Crippen molar-refractivity contribution in [1.29, 1.82) is 0 Å². The van der Waals surface area contributed by atoms with Crippen LogP contribution < -0.4 is 15.4 Å². The lowest BCUT2D eigenvalue weighted by Gasteiger charge is -2.16. The fourth-order valence-electron chi connectivity index (χ4n) is 3.02. The molecule has 0 fully saturated rings. The highest BCUT2D eigenvalue weighted by molar-refractivity contribution is 6.04. The standard InChI is InChI=1S/C21H21N7O2/c1-12(24-18-11-23-20-19(26-18)13(2)27-28-20)14-5-4-6-16(7-14)25-21(29)15-8-17(30-3)10-22-9-15/h4-12H,1-3H3,(H,24,26)(H,25,29)(H,23,27,28)/t12-/m0/s1. The van der Waals surface area contributed by atoms with Gasteiger partial charge in [0, 0.05) is 11.9 Å². The zero-order valence-corrected chi connectivity index (χ0v) is 16.8. The molecule has 0 radical (unpaired) electrons. The van der Waals surface area contributed by atoms with Gasteiger partial charge in [-0.3, -0.25) is 14.9 Å². The van der Waals surface area contributed by atoms with Crippen LogP contribution in [0.2, 0.25) is 0 Å². The van der Waals surface area contributed by atoms with Crippen LogP contribution in [-0.2, 0) is 0 Å². The largest absolute Gasteiger partial charge is 0.495 e. The van der Waals surface area contributed by atoms with Gasteiger partial charge in [-0.1, -0.05) is 12.1 Å². The van der Waals surface area contributed by atoms with E-state index in [0.717, 1.165) is 16.8 Å². The molecule has 1 amide bonds. The number of pyridine rings is 1. The highest BCUT2D eigenvalue weighted by Crippen LogP contribution is 2.22. The smallest absolute Gasteiger partial charge is 0.257 e. The predicted octanol–water partition coefficient (Wildman–Crippen LogP) is 3.49. The minimum absolute atomic E-state index is 0.0562. The fraction of sp³-hybridized carbons (Fsp3) is 0.190. The van der Waals surface area contributed by atoms with E-state index < -0.39 is 0 Å². The molecule has 0 aliphatic rings. The van der Waals surface area contributed by atoms with E-state index >= 15 is 0 Å². The molecule has 3 aromatic heterocycles. The Morgan fingerprint density at radius 1 is 1.20 bits per heavy atom. The van der Waals surface area contributed by atoms with Crippen LogP contribution in [0.1, 0.15) is 34.6 Å². The number of aromatic nitrogens is 5. The van der Waals surface area contributed by atoms with Gasteiger partial charge < -0.3 is 15.4 Å². The van der Waals surface area contributed by atoms with Crippen LogP contribution in [0.4, 0.5) is 11.5 Å². The molecule has 9 heteroatoms. The molecule has 0 bridgehead atoms. The number of rotatable bonds is 6. The molecule has 1 atom stereocenters. The Morgan fingerprint density at radius 3 is 2.90 bits per heavy atom. The van der Waals surface area contributed by atoms with Crippen LogP contribution in [0, 0.1) is 6.92 Å². The number of fused-ring (bicyclic) bond motifs is 1. The first-order valence-corrected chi connectivity index (χ1v) is 9.38.